The molecule has 1 rings (SSSR count). The molecule has 0 radical (unpaired) electrons. The van der Waals surface area contributed by atoms with Crippen molar-refractivity contribution in [2.24, 2.45) is 0 Å². The highest BCUT2D eigenvalue weighted by Gasteiger charge is 2.32. The highest BCUT2D eigenvalue weighted by atomic mass is 35.5. The Kier molecular flexibility index (Phi) is 5.03. The lowest BCUT2D eigenvalue weighted by molar-refractivity contribution is -0.387. The number of carboxylic acids is 1. The molecule has 10 heteroatoms. The zero-order chi connectivity index (χ0) is 15.5. The van der Waals surface area contributed by atoms with Gasteiger partial charge in [0.2, 0.25) is 10.0 Å². The van der Waals surface area contributed by atoms with Crippen LogP contribution in [-0.2, 0) is 14.8 Å². The largest absolute Gasteiger partial charge is 0.480 e. The number of nitro groups is 1. The summed E-state index contributed by atoms with van der Waals surface area (Å²) in [7, 11) is -4.29. The lowest BCUT2D eigenvalue weighted by Crippen LogP contribution is -2.35. The van der Waals surface area contributed by atoms with E-state index in [4.69, 9.17) is 16.7 Å². The van der Waals surface area contributed by atoms with E-state index in [9.17, 15) is 23.3 Å². The SMILES string of the molecule is CCN(CC(=O)O)S(=O)(=O)c1ccc(Cl)cc1[N+](=O)[O-]. The number of hydrogen-bond donors (Lipinski definition) is 1. The van der Waals surface area contributed by atoms with Gasteiger partial charge in [-0.05, 0) is 12.1 Å². The third kappa shape index (κ3) is 3.44. The van der Waals surface area contributed by atoms with E-state index in [2.05, 4.69) is 0 Å². The molecule has 0 unspecified atom stereocenters. The second kappa shape index (κ2) is 6.16. The third-order valence-electron chi connectivity index (χ3n) is 2.40. The number of aliphatic carboxylic acids is 1. The molecule has 1 aromatic carbocycles. The molecule has 0 saturated carbocycles. The zero-order valence-electron chi connectivity index (χ0n) is 10.3. The fourth-order valence-electron chi connectivity index (χ4n) is 1.51. The Bertz CT molecular complexity index is 645. The molecule has 20 heavy (non-hydrogen) atoms. The van der Waals surface area contributed by atoms with Gasteiger partial charge in [0.1, 0.15) is 6.54 Å². The molecule has 0 aliphatic carbocycles. The average Bonchev–Trinajstić information content (AvgIpc) is 2.34. The van der Waals surface area contributed by atoms with E-state index in [1.807, 2.05) is 0 Å². The summed E-state index contributed by atoms with van der Waals surface area (Å²) in [6, 6.07) is 3.08. The van der Waals surface area contributed by atoms with E-state index in [0.717, 1.165) is 12.1 Å². The normalized spacial score (nSPS) is 11.6. The van der Waals surface area contributed by atoms with Crippen LogP contribution in [0.25, 0.3) is 0 Å². The number of benzene rings is 1. The number of likely N-dealkylation sites (N-methyl/N-ethyl adjacent to an activating group) is 1. The molecule has 1 aromatic rings. The first-order chi connectivity index (χ1) is 9.20. The summed E-state index contributed by atoms with van der Waals surface area (Å²) in [5.74, 6) is -1.35. The molecule has 110 valence electrons. The van der Waals surface area contributed by atoms with Crippen molar-refractivity contribution in [2.75, 3.05) is 13.1 Å². The molecule has 1 N–H and O–H groups in total. The van der Waals surface area contributed by atoms with Gasteiger partial charge in [-0.3, -0.25) is 14.9 Å². The fourth-order valence-corrected chi connectivity index (χ4v) is 3.21. The van der Waals surface area contributed by atoms with Crippen LogP contribution in [0.5, 0.6) is 0 Å². The minimum atomic E-state index is -4.29. The number of nitrogens with zero attached hydrogens (tertiary/aromatic N) is 2. The maximum atomic E-state index is 12.3. The van der Waals surface area contributed by atoms with Crippen molar-refractivity contribution in [2.45, 2.75) is 11.8 Å². The van der Waals surface area contributed by atoms with Crippen molar-refractivity contribution in [1.82, 2.24) is 4.31 Å². The average molecular weight is 323 g/mol. The second-order valence-corrected chi connectivity index (χ2v) is 6.04. The van der Waals surface area contributed by atoms with Crippen molar-refractivity contribution in [1.29, 1.82) is 0 Å². The number of nitro benzene ring substituents is 1. The third-order valence-corrected chi connectivity index (χ3v) is 4.60. The van der Waals surface area contributed by atoms with Gasteiger partial charge in [-0.15, -0.1) is 0 Å². The number of hydrogen-bond acceptors (Lipinski definition) is 5. The minimum absolute atomic E-state index is 0.0110. The molecule has 0 aliphatic rings. The van der Waals surface area contributed by atoms with E-state index in [1.165, 1.54) is 13.0 Å². The Balaban J connectivity index is 3.41. The molecule has 0 amide bonds. The summed E-state index contributed by atoms with van der Waals surface area (Å²) in [5.41, 5.74) is -0.693. The maximum absolute atomic E-state index is 12.3. The summed E-state index contributed by atoms with van der Waals surface area (Å²) in [5, 5.41) is 19.6. The standard InChI is InChI=1S/C10H11ClN2O6S/c1-2-12(6-10(14)15)20(18,19)9-4-3-7(11)5-8(9)13(16)17/h3-5H,2,6H2,1H3,(H,14,15). The van der Waals surface area contributed by atoms with Crippen LogP contribution in [0.1, 0.15) is 6.92 Å². The number of carbonyl (C=O) groups is 1. The van der Waals surface area contributed by atoms with Gasteiger partial charge in [-0.1, -0.05) is 18.5 Å². The van der Waals surface area contributed by atoms with Crippen molar-refractivity contribution < 1.29 is 23.2 Å². The van der Waals surface area contributed by atoms with Gasteiger partial charge in [0.15, 0.2) is 4.90 Å². The molecule has 0 aliphatic heterocycles. The van der Waals surface area contributed by atoms with Crippen LogP contribution in [0.2, 0.25) is 5.02 Å². The van der Waals surface area contributed by atoms with Crippen LogP contribution in [0, 0.1) is 10.1 Å². The van der Waals surface area contributed by atoms with E-state index in [-0.39, 0.29) is 11.6 Å². The monoisotopic (exact) mass is 322 g/mol. The van der Waals surface area contributed by atoms with Gasteiger partial charge in [0.05, 0.1) is 4.92 Å². The van der Waals surface area contributed by atoms with Gasteiger partial charge in [0.25, 0.3) is 5.69 Å². The maximum Gasteiger partial charge on any atom is 0.318 e. The summed E-state index contributed by atoms with van der Waals surface area (Å²) in [6.07, 6.45) is 0. The Labute approximate surface area is 119 Å². The Morgan fingerprint density at radius 3 is 2.55 bits per heavy atom. The number of rotatable bonds is 6. The number of carboxylic acid groups (broad SMARTS) is 1. The smallest absolute Gasteiger partial charge is 0.318 e. The highest BCUT2D eigenvalue weighted by molar-refractivity contribution is 7.89. The predicted molar refractivity (Wildman–Crippen MR) is 70.2 cm³/mol. The summed E-state index contributed by atoms with van der Waals surface area (Å²) >= 11 is 5.60. The molecular weight excluding hydrogens is 312 g/mol. The Morgan fingerprint density at radius 2 is 2.10 bits per heavy atom. The van der Waals surface area contributed by atoms with Crippen molar-refractivity contribution in [3.63, 3.8) is 0 Å². The first-order valence-corrected chi connectivity index (χ1v) is 7.17. The molecule has 0 saturated heterocycles. The highest BCUT2D eigenvalue weighted by Crippen LogP contribution is 2.29. The molecule has 0 bridgehead atoms. The van der Waals surface area contributed by atoms with E-state index in [0.29, 0.717) is 4.31 Å². The number of halogens is 1. The Morgan fingerprint density at radius 1 is 1.50 bits per heavy atom. The molecule has 0 heterocycles. The molecule has 0 aromatic heterocycles. The van der Waals surface area contributed by atoms with Crippen LogP contribution in [0.4, 0.5) is 5.69 Å². The molecular formula is C10H11ClN2O6S. The van der Waals surface area contributed by atoms with Crippen molar-refractivity contribution >= 4 is 33.3 Å². The summed E-state index contributed by atoms with van der Waals surface area (Å²) in [4.78, 5) is 20.1. The van der Waals surface area contributed by atoms with E-state index in [1.54, 1.807) is 0 Å². The van der Waals surface area contributed by atoms with Gasteiger partial charge >= 0.3 is 5.97 Å². The Hall–Kier alpha value is -1.71. The fraction of sp³-hybridized carbons (Fsp3) is 0.300. The van der Waals surface area contributed by atoms with Crippen molar-refractivity contribution in [3.05, 3.63) is 33.3 Å². The van der Waals surface area contributed by atoms with Crippen LogP contribution >= 0.6 is 11.6 Å². The predicted octanol–water partition coefficient (Wildman–Crippen LogP) is 1.34. The summed E-state index contributed by atoms with van der Waals surface area (Å²) < 4.78 is 25.1. The molecule has 0 fully saturated rings. The van der Waals surface area contributed by atoms with Gasteiger partial charge in [0, 0.05) is 17.6 Å². The van der Waals surface area contributed by atoms with Gasteiger partial charge < -0.3 is 5.11 Å². The van der Waals surface area contributed by atoms with Crippen LogP contribution in [-0.4, -0.2) is 41.8 Å². The lowest BCUT2D eigenvalue weighted by atomic mass is 10.3. The minimum Gasteiger partial charge on any atom is -0.480 e. The zero-order valence-corrected chi connectivity index (χ0v) is 11.9. The van der Waals surface area contributed by atoms with Gasteiger partial charge in [-0.2, -0.15) is 4.31 Å². The van der Waals surface area contributed by atoms with Gasteiger partial charge in [-0.25, -0.2) is 8.42 Å². The van der Waals surface area contributed by atoms with E-state index < -0.39 is 38.0 Å². The molecule has 0 spiro atoms. The first kappa shape index (κ1) is 16.3. The molecule has 8 nitrogen and oxygen atoms in total. The summed E-state index contributed by atoms with van der Waals surface area (Å²) in [6.45, 7) is 0.523. The van der Waals surface area contributed by atoms with Crippen molar-refractivity contribution in [3.8, 4) is 0 Å². The topological polar surface area (TPSA) is 118 Å². The van der Waals surface area contributed by atoms with E-state index >= 15 is 0 Å². The van der Waals surface area contributed by atoms with Crippen LogP contribution in [0.15, 0.2) is 23.1 Å². The first-order valence-electron chi connectivity index (χ1n) is 5.36. The second-order valence-electron chi connectivity index (χ2n) is 3.69. The quantitative estimate of drug-likeness (QED) is 0.623. The molecule has 0 atom stereocenters. The lowest BCUT2D eigenvalue weighted by Gasteiger charge is -2.18. The van der Waals surface area contributed by atoms with Crippen LogP contribution in [0.3, 0.4) is 0 Å². The number of sulfonamides is 1. The van der Waals surface area contributed by atoms with Crippen LogP contribution < -0.4 is 0 Å².